The minimum absolute atomic E-state index is 0.0553. The number of nitro benzene ring substituents is 1. The van der Waals surface area contributed by atoms with Gasteiger partial charge in [0, 0.05) is 11.6 Å². The number of benzene rings is 1. The molecule has 0 aliphatic heterocycles. The van der Waals surface area contributed by atoms with Gasteiger partial charge in [0.25, 0.3) is 5.91 Å². The molecule has 0 spiro atoms. The van der Waals surface area contributed by atoms with Gasteiger partial charge in [-0.15, -0.1) is 11.3 Å². The fraction of sp³-hybridized carbons (Fsp3) is 0.0769. The first-order valence-corrected chi connectivity index (χ1v) is 6.83. The standard InChI is InChI=1S/C13H11N3O5S/c1-21-10-6-8(5-9(12(10)17)16(19)20)7-14-15-13(18)11-3-2-4-22-11/h2-7,17H,1H3,(H,15,18)/b14-7+. The van der Waals surface area contributed by atoms with Crippen LogP contribution in [0.15, 0.2) is 34.7 Å². The number of thiophene rings is 1. The fourth-order valence-electron chi connectivity index (χ4n) is 1.61. The molecule has 2 rings (SSSR count). The van der Waals surface area contributed by atoms with Crippen LogP contribution in [0.5, 0.6) is 11.5 Å². The Bertz CT molecular complexity index is 728. The average Bonchev–Trinajstić information content (AvgIpc) is 3.02. The number of carbonyl (C=O) groups is 1. The maximum atomic E-state index is 11.7. The van der Waals surface area contributed by atoms with Crippen LogP contribution in [0.25, 0.3) is 0 Å². The van der Waals surface area contributed by atoms with Gasteiger partial charge in [-0.05, 0) is 17.5 Å². The van der Waals surface area contributed by atoms with Crippen LogP contribution >= 0.6 is 11.3 Å². The van der Waals surface area contributed by atoms with Gasteiger partial charge in [0.1, 0.15) is 0 Å². The predicted molar refractivity (Wildman–Crippen MR) is 80.7 cm³/mol. The molecule has 0 bridgehead atoms. The topological polar surface area (TPSA) is 114 Å². The largest absolute Gasteiger partial charge is 0.500 e. The van der Waals surface area contributed by atoms with Gasteiger partial charge in [-0.25, -0.2) is 5.43 Å². The van der Waals surface area contributed by atoms with Crippen LogP contribution in [0.3, 0.4) is 0 Å². The molecule has 1 heterocycles. The maximum absolute atomic E-state index is 11.7. The molecule has 2 N–H and O–H groups in total. The van der Waals surface area contributed by atoms with Crippen LogP contribution < -0.4 is 10.2 Å². The maximum Gasteiger partial charge on any atom is 0.315 e. The zero-order chi connectivity index (χ0) is 16.1. The van der Waals surface area contributed by atoms with Crippen molar-refractivity contribution in [2.45, 2.75) is 0 Å². The van der Waals surface area contributed by atoms with E-state index in [4.69, 9.17) is 4.74 Å². The number of aromatic hydroxyl groups is 1. The van der Waals surface area contributed by atoms with Crippen LogP contribution in [0.1, 0.15) is 15.2 Å². The lowest BCUT2D eigenvalue weighted by Gasteiger charge is -2.05. The van der Waals surface area contributed by atoms with Gasteiger partial charge in [-0.3, -0.25) is 14.9 Å². The zero-order valence-electron chi connectivity index (χ0n) is 11.3. The molecule has 8 nitrogen and oxygen atoms in total. The highest BCUT2D eigenvalue weighted by Gasteiger charge is 2.19. The average molecular weight is 321 g/mol. The molecule has 0 atom stereocenters. The van der Waals surface area contributed by atoms with E-state index in [1.807, 2.05) is 0 Å². The Morgan fingerprint density at radius 2 is 2.32 bits per heavy atom. The number of hydrazone groups is 1. The van der Waals surface area contributed by atoms with Crippen LogP contribution in [0, 0.1) is 10.1 Å². The van der Waals surface area contributed by atoms with Crippen molar-refractivity contribution in [2.24, 2.45) is 5.10 Å². The Kier molecular flexibility index (Phi) is 4.69. The SMILES string of the molecule is COc1cc(/C=N/NC(=O)c2cccs2)cc([N+](=O)[O-])c1O. The Morgan fingerprint density at radius 1 is 1.55 bits per heavy atom. The monoisotopic (exact) mass is 321 g/mol. The quantitative estimate of drug-likeness (QED) is 0.497. The van der Waals surface area contributed by atoms with E-state index < -0.39 is 16.4 Å². The number of hydrogen-bond acceptors (Lipinski definition) is 7. The van der Waals surface area contributed by atoms with Crippen molar-refractivity contribution in [2.75, 3.05) is 7.11 Å². The highest BCUT2D eigenvalue weighted by Crippen LogP contribution is 2.36. The molecule has 0 aliphatic rings. The lowest BCUT2D eigenvalue weighted by Crippen LogP contribution is -2.16. The normalized spacial score (nSPS) is 10.6. The molecular formula is C13H11N3O5S. The molecule has 1 aromatic heterocycles. The summed E-state index contributed by atoms with van der Waals surface area (Å²) in [6, 6.07) is 5.86. The Balaban J connectivity index is 2.18. The van der Waals surface area contributed by atoms with E-state index in [-0.39, 0.29) is 11.7 Å². The molecule has 0 saturated carbocycles. The number of phenolic OH excluding ortho intramolecular Hbond substituents is 1. The highest BCUT2D eigenvalue weighted by molar-refractivity contribution is 7.12. The summed E-state index contributed by atoms with van der Waals surface area (Å²) in [4.78, 5) is 22.3. The van der Waals surface area contributed by atoms with E-state index in [9.17, 15) is 20.0 Å². The van der Waals surface area contributed by atoms with Gasteiger partial charge in [-0.1, -0.05) is 6.07 Å². The second-order valence-electron chi connectivity index (χ2n) is 4.02. The number of amides is 1. The molecular weight excluding hydrogens is 310 g/mol. The lowest BCUT2D eigenvalue weighted by atomic mass is 10.2. The smallest absolute Gasteiger partial charge is 0.315 e. The molecule has 0 fully saturated rings. The number of rotatable bonds is 5. The van der Waals surface area contributed by atoms with Gasteiger partial charge >= 0.3 is 5.69 Å². The lowest BCUT2D eigenvalue weighted by molar-refractivity contribution is -0.386. The Hall–Kier alpha value is -2.94. The van der Waals surface area contributed by atoms with Crippen molar-refractivity contribution < 1.29 is 19.6 Å². The molecule has 0 radical (unpaired) electrons. The van der Waals surface area contributed by atoms with E-state index >= 15 is 0 Å². The van der Waals surface area contributed by atoms with Gasteiger partial charge < -0.3 is 9.84 Å². The zero-order valence-corrected chi connectivity index (χ0v) is 12.2. The molecule has 114 valence electrons. The Labute approximate surface area is 128 Å². The number of carbonyl (C=O) groups excluding carboxylic acids is 1. The number of hydrogen-bond donors (Lipinski definition) is 2. The van der Waals surface area contributed by atoms with Crippen molar-refractivity contribution in [3.63, 3.8) is 0 Å². The van der Waals surface area contributed by atoms with Crippen LogP contribution in [0.2, 0.25) is 0 Å². The summed E-state index contributed by atoms with van der Waals surface area (Å²) < 4.78 is 4.86. The summed E-state index contributed by atoms with van der Waals surface area (Å²) in [6.07, 6.45) is 1.22. The van der Waals surface area contributed by atoms with E-state index in [0.717, 1.165) is 6.07 Å². The molecule has 1 aromatic carbocycles. The second-order valence-corrected chi connectivity index (χ2v) is 4.97. The van der Waals surface area contributed by atoms with E-state index in [0.29, 0.717) is 10.4 Å². The first-order chi connectivity index (χ1) is 10.5. The van der Waals surface area contributed by atoms with Crippen molar-refractivity contribution in [3.05, 3.63) is 50.2 Å². The summed E-state index contributed by atoms with van der Waals surface area (Å²) in [6.45, 7) is 0. The van der Waals surface area contributed by atoms with Crippen molar-refractivity contribution in [1.29, 1.82) is 0 Å². The summed E-state index contributed by atoms with van der Waals surface area (Å²) >= 11 is 1.26. The number of nitrogens with one attached hydrogen (secondary N) is 1. The number of methoxy groups -OCH3 is 1. The molecule has 0 saturated heterocycles. The van der Waals surface area contributed by atoms with Crippen molar-refractivity contribution >= 4 is 29.1 Å². The summed E-state index contributed by atoms with van der Waals surface area (Å²) in [5.74, 6) is -1.00. The van der Waals surface area contributed by atoms with Crippen molar-refractivity contribution in [1.82, 2.24) is 5.43 Å². The fourth-order valence-corrected chi connectivity index (χ4v) is 2.23. The minimum Gasteiger partial charge on any atom is -0.500 e. The van der Waals surface area contributed by atoms with Gasteiger partial charge in [0.05, 0.1) is 23.1 Å². The summed E-state index contributed by atoms with van der Waals surface area (Å²) in [5, 5.41) is 26.0. The molecule has 9 heteroatoms. The van der Waals surface area contributed by atoms with Crippen molar-refractivity contribution in [3.8, 4) is 11.5 Å². The van der Waals surface area contributed by atoms with Crippen LogP contribution in [0.4, 0.5) is 5.69 Å². The van der Waals surface area contributed by atoms with Gasteiger partial charge in [0.15, 0.2) is 5.75 Å². The number of nitro groups is 1. The van der Waals surface area contributed by atoms with Crippen LogP contribution in [-0.4, -0.2) is 29.3 Å². The predicted octanol–water partition coefficient (Wildman–Crippen LogP) is 2.13. The first-order valence-electron chi connectivity index (χ1n) is 5.95. The molecule has 2 aromatic rings. The summed E-state index contributed by atoms with van der Waals surface area (Å²) in [7, 11) is 1.28. The van der Waals surface area contributed by atoms with E-state index in [2.05, 4.69) is 10.5 Å². The molecule has 1 amide bonds. The summed E-state index contributed by atoms with van der Waals surface area (Å²) in [5.41, 5.74) is 2.09. The second kappa shape index (κ2) is 6.68. The third-order valence-electron chi connectivity index (χ3n) is 2.62. The van der Waals surface area contributed by atoms with Crippen LogP contribution in [-0.2, 0) is 0 Å². The van der Waals surface area contributed by atoms with E-state index in [1.54, 1.807) is 17.5 Å². The molecule has 22 heavy (non-hydrogen) atoms. The minimum atomic E-state index is -0.737. The molecule has 0 unspecified atom stereocenters. The number of phenols is 1. The third-order valence-corrected chi connectivity index (χ3v) is 3.49. The van der Waals surface area contributed by atoms with E-state index in [1.165, 1.54) is 30.7 Å². The number of nitrogens with zero attached hydrogens (tertiary/aromatic N) is 2. The highest BCUT2D eigenvalue weighted by atomic mass is 32.1. The number of ether oxygens (including phenoxy) is 1. The first kappa shape index (κ1) is 15.4. The van der Waals surface area contributed by atoms with Gasteiger partial charge in [0.2, 0.25) is 5.75 Å². The molecule has 0 aliphatic carbocycles. The van der Waals surface area contributed by atoms with Gasteiger partial charge in [-0.2, -0.15) is 5.10 Å². The Morgan fingerprint density at radius 3 is 2.91 bits per heavy atom. The third kappa shape index (κ3) is 3.38.